The minimum absolute atomic E-state index is 0.335. The van der Waals surface area contributed by atoms with Crippen molar-refractivity contribution in [3.8, 4) is 0 Å². The summed E-state index contributed by atoms with van der Waals surface area (Å²) in [6, 6.07) is 10.7. The third-order valence-corrected chi connectivity index (χ3v) is 2.94. The van der Waals surface area contributed by atoms with Crippen LogP contribution >= 0.6 is 0 Å². The van der Waals surface area contributed by atoms with Gasteiger partial charge in [-0.2, -0.15) is 0 Å². The highest BCUT2D eigenvalue weighted by molar-refractivity contribution is 5.22. The maximum absolute atomic E-state index is 2.28. The van der Waals surface area contributed by atoms with Crippen LogP contribution in [0.1, 0.15) is 59.4 Å². The van der Waals surface area contributed by atoms with Crippen molar-refractivity contribution in [1.29, 1.82) is 0 Å². The van der Waals surface area contributed by atoms with Crippen LogP contribution in [0, 0.1) is 0 Å². The lowest BCUT2D eigenvalue weighted by atomic mass is 9.82. The van der Waals surface area contributed by atoms with E-state index in [1.807, 2.05) is 0 Å². The molecule has 0 aliphatic rings. The van der Waals surface area contributed by atoms with E-state index in [9.17, 15) is 0 Å². The molecule has 15 heavy (non-hydrogen) atoms. The minimum Gasteiger partial charge on any atom is -0.0654 e. The molecule has 0 bridgehead atoms. The van der Waals surface area contributed by atoms with Crippen LogP contribution in [0.4, 0.5) is 0 Å². The molecule has 0 fully saturated rings. The second-order valence-electron chi connectivity index (χ2n) is 4.60. The fourth-order valence-corrected chi connectivity index (χ4v) is 1.09. The Morgan fingerprint density at radius 3 is 1.67 bits per heavy atom. The van der Waals surface area contributed by atoms with Crippen molar-refractivity contribution in [2.24, 2.45) is 0 Å². The summed E-state index contributed by atoms with van der Waals surface area (Å²) in [4.78, 5) is 0. The van der Waals surface area contributed by atoms with E-state index >= 15 is 0 Å². The summed E-state index contributed by atoms with van der Waals surface area (Å²) in [6.07, 6.45) is 3.83. The maximum atomic E-state index is 2.28. The summed E-state index contributed by atoms with van der Waals surface area (Å²) >= 11 is 0. The standard InChI is InChI=1S/C11H16.C4H10/c1-4-11(2,3)10-8-6-5-7-9-10;1-3-4-2/h5-9H,4H2,1-3H3;3-4H2,1-2H3. The molecule has 0 aliphatic carbocycles. The van der Waals surface area contributed by atoms with E-state index in [1.165, 1.54) is 24.8 Å². The van der Waals surface area contributed by atoms with Crippen molar-refractivity contribution in [2.75, 3.05) is 0 Å². The zero-order valence-electron chi connectivity index (χ0n) is 11.0. The van der Waals surface area contributed by atoms with Crippen molar-refractivity contribution in [1.82, 2.24) is 0 Å². The molecule has 0 aliphatic heterocycles. The molecule has 0 spiro atoms. The highest BCUT2D eigenvalue weighted by Gasteiger charge is 2.16. The first-order chi connectivity index (χ1) is 7.08. The van der Waals surface area contributed by atoms with E-state index < -0.39 is 0 Å². The van der Waals surface area contributed by atoms with Crippen molar-refractivity contribution in [2.45, 2.75) is 59.3 Å². The summed E-state index contributed by atoms with van der Waals surface area (Å²) in [6.45, 7) is 11.2. The first-order valence-electron chi connectivity index (χ1n) is 6.14. The molecule has 0 nitrogen and oxygen atoms in total. The van der Waals surface area contributed by atoms with Gasteiger partial charge in [-0.1, -0.05) is 77.8 Å². The van der Waals surface area contributed by atoms with E-state index in [-0.39, 0.29) is 0 Å². The van der Waals surface area contributed by atoms with Crippen LogP contribution in [0.3, 0.4) is 0 Å². The molecular formula is C15H26. The quantitative estimate of drug-likeness (QED) is 0.639. The molecule has 0 heteroatoms. The van der Waals surface area contributed by atoms with E-state index in [4.69, 9.17) is 0 Å². The average molecular weight is 206 g/mol. The van der Waals surface area contributed by atoms with Crippen molar-refractivity contribution in [3.63, 3.8) is 0 Å². The molecular weight excluding hydrogens is 180 g/mol. The third-order valence-electron chi connectivity index (χ3n) is 2.94. The summed E-state index contributed by atoms with van der Waals surface area (Å²) in [5.74, 6) is 0. The van der Waals surface area contributed by atoms with E-state index in [1.54, 1.807) is 0 Å². The first kappa shape index (κ1) is 14.2. The molecule has 86 valence electrons. The molecule has 0 amide bonds. The smallest absolute Gasteiger partial charge is 0.0106 e. The topological polar surface area (TPSA) is 0 Å². The van der Waals surface area contributed by atoms with Crippen LogP contribution in [0.25, 0.3) is 0 Å². The molecule has 0 unspecified atom stereocenters. The average Bonchev–Trinajstić information content (AvgIpc) is 2.30. The van der Waals surface area contributed by atoms with Crippen molar-refractivity contribution < 1.29 is 0 Å². The normalized spacial score (nSPS) is 10.5. The molecule has 0 atom stereocenters. The van der Waals surface area contributed by atoms with Gasteiger partial charge in [0.1, 0.15) is 0 Å². The molecule has 0 heterocycles. The minimum atomic E-state index is 0.335. The Labute approximate surface area is 95.7 Å². The van der Waals surface area contributed by atoms with Crippen LogP contribution in [-0.4, -0.2) is 0 Å². The van der Waals surface area contributed by atoms with Gasteiger partial charge in [0, 0.05) is 0 Å². The summed E-state index contributed by atoms with van der Waals surface area (Å²) < 4.78 is 0. The molecule has 0 radical (unpaired) electrons. The molecule has 0 saturated carbocycles. The lowest BCUT2D eigenvalue weighted by Crippen LogP contribution is -2.14. The molecule has 1 rings (SSSR count). The highest BCUT2D eigenvalue weighted by Crippen LogP contribution is 2.25. The Morgan fingerprint density at radius 1 is 0.867 bits per heavy atom. The van der Waals surface area contributed by atoms with Crippen molar-refractivity contribution >= 4 is 0 Å². The number of rotatable bonds is 3. The number of hydrogen-bond acceptors (Lipinski definition) is 0. The Morgan fingerprint density at radius 2 is 1.33 bits per heavy atom. The van der Waals surface area contributed by atoms with Crippen molar-refractivity contribution in [3.05, 3.63) is 35.9 Å². The Kier molecular flexibility index (Phi) is 7.11. The van der Waals surface area contributed by atoms with Gasteiger partial charge in [0.05, 0.1) is 0 Å². The van der Waals surface area contributed by atoms with Crippen LogP contribution in [-0.2, 0) is 5.41 Å². The van der Waals surface area contributed by atoms with Gasteiger partial charge in [-0.3, -0.25) is 0 Å². The van der Waals surface area contributed by atoms with Crippen LogP contribution in [0.15, 0.2) is 30.3 Å². The fourth-order valence-electron chi connectivity index (χ4n) is 1.09. The second kappa shape index (κ2) is 7.50. The molecule has 0 saturated heterocycles. The second-order valence-corrected chi connectivity index (χ2v) is 4.60. The monoisotopic (exact) mass is 206 g/mol. The zero-order chi connectivity index (χ0) is 11.7. The number of unbranched alkanes of at least 4 members (excludes halogenated alkanes) is 1. The molecule has 1 aromatic rings. The third kappa shape index (κ3) is 5.61. The highest BCUT2D eigenvalue weighted by atomic mass is 14.2. The zero-order valence-corrected chi connectivity index (χ0v) is 11.0. The summed E-state index contributed by atoms with van der Waals surface area (Å²) in [5.41, 5.74) is 1.77. The van der Waals surface area contributed by atoms with E-state index in [0.717, 1.165) is 0 Å². The van der Waals surface area contributed by atoms with Gasteiger partial charge >= 0.3 is 0 Å². The van der Waals surface area contributed by atoms with Crippen LogP contribution in [0.5, 0.6) is 0 Å². The van der Waals surface area contributed by atoms with Gasteiger partial charge in [0.2, 0.25) is 0 Å². The predicted octanol–water partition coefficient (Wildman–Crippen LogP) is 5.18. The Balaban J connectivity index is 0.000000423. The first-order valence-corrected chi connectivity index (χ1v) is 6.14. The summed E-state index contributed by atoms with van der Waals surface area (Å²) in [5, 5.41) is 0. The number of benzene rings is 1. The van der Waals surface area contributed by atoms with Gasteiger partial charge in [-0.25, -0.2) is 0 Å². The Hall–Kier alpha value is -0.780. The molecule has 0 N–H and O–H groups in total. The summed E-state index contributed by atoms with van der Waals surface area (Å²) in [7, 11) is 0. The predicted molar refractivity (Wildman–Crippen MR) is 70.3 cm³/mol. The van der Waals surface area contributed by atoms with Gasteiger partial charge in [-0.05, 0) is 17.4 Å². The van der Waals surface area contributed by atoms with Crippen LogP contribution in [0.2, 0.25) is 0 Å². The van der Waals surface area contributed by atoms with Gasteiger partial charge in [-0.15, -0.1) is 0 Å². The lowest BCUT2D eigenvalue weighted by molar-refractivity contribution is 0.506. The molecule has 1 aromatic carbocycles. The van der Waals surface area contributed by atoms with Gasteiger partial charge in [0.15, 0.2) is 0 Å². The maximum Gasteiger partial charge on any atom is -0.0106 e. The number of hydrogen-bond donors (Lipinski definition) is 0. The van der Waals surface area contributed by atoms with E-state index in [0.29, 0.717) is 5.41 Å². The van der Waals surface area contributed by atoms with Crippen LogP contribution < -0.4 is 0 Å². The van der Waals surface area contributed by atoms with E-state index in [2.05, 4.69) is 65.0 Å². The largest absolute Gasteiger partial charge is 0.0654 e. The Bertz CT molecular complexity index is 231. The van der Waals surface area contributed by atoms with Gasteiger partial charge < -0.3 is 0 Å². The van der Waals surface area contributed by atoms with Gasteiger partial charge in [0.25, 0.3) is 0 Å². The fraction of sp³-hybridized carbons (Fsp3) is 0.600. The SMILES string of the molecule is CCC(C)(C)c1ccccc1.CCCC. The lowest BCUT2D eigenvalue weighted by Gasteiger charge is -2.22. The molecule has 0 aromatic heterocycles.